The molecule has 0 aliphatic rings. The minimum Gasteiger partial charge on any atom is -0.490 e. The van der Waals surface area contributed by atoms with Crippen molar-refractivity contribution in [3.8, 4) is 5.75 Å². The highest BCUT2D eigenvalue weighted by Crippen LogP contribution is 2.33. The number of rotatable bonds is 6. The van der Waals surface area contributed by atoms with Crippen molar-refractivity contribution in [1.82, 2.24) is 14.9 Å². The molecule has 1 N–H and O–H groups in total. The minimum atomic E-state index is -4.38. The molecule has 0 saturated carbocycles. The second kappa shape index (κ2) is 9.81. The summed E-state index contributed by atoms with van der Waals surface area (Å²) in [5.74, 6) is 0.318. The van der Waals surface area contributed by atoms with Gasteiger partial charge < -0.3 is 19.4 Å². The van der Waals surface area contributed by atoms with Crippen LogP contribution in [0.25, 0.3) is 21.7 Å². The van der Waals surface area contributed by atoms with Crippen molar-refractivity contribution in [3.05, 3.63) is 45.4 Å². The van der Waals surface area contributed by atoms with Crippen LogP contribution in [0.4, 0.5) is 18.0 Å². The average Bonchev–Trinajstić information content (AvgIpc) is 2.72. The average molecular weight is 544 g/mol. The molecule has 0 radical (unpaired) electrons. The largest absolute Gasteiger partial charge is 0.490 e. The van der Waals surface area contributed by atoms with Crippen LogP contribution in [0.15, 0.2) is 39.9 Å². The Bertz CT molecular complexity index is 1270. The van der Waals surface area contributed by atoms with Gasteiger partial charge >= 0.3 is 12.3 Å². The molecule has 0 aliphatic heterocycles. The topological polar surface area (TPSA) is 82.5 Å². The van der Waals surface area contributed by atoms with E-state index in [-0.39, 0.29) is 18.6 Å². The van der Waals surface area contributed by atoms with Gasteiger partial charge in [-0.3, -0.25) is 9.78 Å². The molecule has 1 amide bonds. The summed E-state index contributed by atoms with van der Waals surface area (Å²) in [6, 6.07) is 4.20. The highest BCUT2D eigenvalue weighted by molar-refractivity contribution is 9.10. The van der Waals surface area contributed by atoms with Crippen molar-refractivity contribution in [2.75, 3.05) is 6.61 Å². The number of nitrogens with zero attached hydrogens (tertiary/aromatic N) is 2. The first-order chi connectivity index (χ1) is 15.7. The number of fused-ring (bicyclic) bond motifs is 3. The molecule has 0 saturated heterocycles. The van der Waals surface area contributed by atoms with Crippen LogP contribution < -0.4 is 15.6 Å². The van der Waals surface area contributed by atoms with Crippen molar-refractivity contribution in [3.63, 3.8) is 0 Å². The van der Waals surface area contributed by atoms with Gasteiger partial charge in [-0.25, -0.2) is 4.79 Å². The third-order valence-corrected chi connectivity index (χ3v) is 5.61. The third-order valence-electron chi connectivity index (χ3n) is 5.00. The number of aryl methyl sites for hydroxylation is 1. The summed E-state index contributed by atoms with van der Waals surface area (Å²) in [5.41, 5.74) is -0.461. The number of nitrogens with one attached hydrogen (secondary N) is 1. The first-order valence-corrected chi connectivity index (χ1v) is 11.3. The lowest BCUT2D eigenvalue weighted by molar-refractivity contribution is -0.137. The maximum absolute atomic E-state index is 12.8. The van der Waals surface area contributed by atoms with E-state index in [1.807, 2.05) is 0 Å². The Balaban J connectivity index is 1.88. The van der Waals surface area contributed by atoms with E-state index in [4.69, 9.17) is 9.47 Å². The first kappa shape index (κ1) is 25.8. The van der Waals surface area contributed by atoms with Crippen LogP contribution >= 0.6 is 15.9 Å². The molecule has 0 fully saturated rings. The predicted octanol–water partition coefficient (Wildman–Crippen LogP) is 5.46. The third kappa shape index (κ3) is 6.40. The van der Waals surface area contributed by atoms with Gasteiger partial charge in [0.05, 0.1) is 21.4 Å². The lowest BCUT2D eigenvalue weighted by Crippen LogP contribution is -2.42. The molecule has 2 heterocycles. The lowest BCUT2D eigenvalue weighted by Gasteiger charge is -2.24. The van der Waals surface area contributed by atoms with Gasteiger partial charge in [0.1, 0.15) is 18.0 Å². The monoisotopic (exact) mass is 543 g/mol. The summed E-state index contributed by atoms with van der Waals surface area (Å²) in [5, 5.41) is 4.41. The van der Waals surface area contributed by atoms with Gasteiger partial charge in [-0.1, -0.05) is 0 Å². The molecule has 184 valence electrons. The minimum absolute atomic E-state index is 0.231. The second-order valence-corrected chi connectivity index (χ2v) is 9.75. The number of aromatic nitrogens is 2. The number of carbonyl (C=O) groups is 1. The van der Waals surface area contributed by atoms with Crippen LogP contribution in [0.2, 0.25) is 0 Å². The van der Waals surface area contributed by atoms with E-state index in [1.54, 1.807) is 52.2 Å². The number of alkyl halides is 3. The Morgan fingerprint density at radius 1 is 1.21 bits per heavy atom. The smallest absolute Gasteiger partial charge is 0.407 e. The summed E-state index contributed by atoms with van der Waals surface area (Å²) < 4.78 is 51.4. The Hall–Kier alpha value is -2.82. The van der Waals surface area contributed by atoms with Crippen LogP contribution in [0.1, 0.15) is 33.6 Å². The number of hydrogen-bond donors (Lipinski definition) is 1. The van der Waals surface area contributed by atoms with Gasteiger partial charge in [0, 0.05) is 37.3 Å². The van der Waals surface area contributed by atoms with E-state index in [1.165, 1.54) is 10.8 Å². The van der Waals surface area contributed by atoms with E-state index in [0.29, 0.717) is 21.1 Å². The molecular formula is C23H25BrF3N3O4. The normalized spacial score (nSPS) is 13.2. The van der Waals surface area contributed by atoms with Crippen molar-refractivity contribution in [2.24, 2.45) is 7.05 Å². The van der Waals surface area contributed by atoms with Gasteiger partial charge in [0.2, 0.25) is 0 Å². The fourth-order valence-electron chi connectivity index (χ4n) is 3.44. The van der Waals surface area contributed by atoms with Crippen LogP contribution in [0.5, 0.6) is 5.75 Å². The molecule has 11 heteroatoms. The molecule has 1 aromatic carbocycles. The molecule has 3 aromatic rings. The van der Waals surface area contributed by atoms with Gasteiger partial charge in [-0.15, -0.1) is 0 Å². The van der Waals surface area contributed by atoms with Gasteiger partial charge in [0.15, 0.2) is 0 Å². The number of alkyl carbamates (subject to hydrolysis) is 1. The van der Waals surface area contributed by atoms with E-state index in [0.717, 1.165) is 10.8 Å². The molecule has 7 nitrogen and oxygen atoms in total. The van der Waals surface area contributed by atoms with Gasteiger partial charge in [-0.05, 0) is 60.6 Å². The number of amides is 1. The van der Waals surface area contributed by atoms with Crippen molar-refractivity contribution in [2.45, 2.75) is 51.4 Å². The Morgan fingerprint density at radius 2 is 1.91 bits per heavy atom. The molecule has 2 aromatic heterocycles. The second-order valence-electron chi connectivity index (χ2n) is 8.89. The summed E-state index contributed by atoms with van der Waals surface area (Å²) in [6.07, 6.45) is -3.60. The van der Waals surface area contributed by atoms with E-state index in [9.17, 15) is 22.8 Å². The number of halogens is 4. The van der Waals surface area contributed by atoms with E-state index in [2.05, 4.69) is 26.2 Å². The number of pyridine rings is 2. The molecule has 3 rings (SSSR count). The maximum Gasteiger partial charge on any atom is 0.407 e. The summed E-state index contributed by atoms with van der Waals surface area (Å²) >= 11 is 3.44. The van der Waals surface area contributed by atoms with Gasteiger partial charge in [0.25, 0.3) is 5.56 Å². The van der Waals surface area contributed by atoms with Crippen LogP contribution in [-0.4, -0.2) is 40.1 Å². The number of benzene rings is 1. The number of ether oxygens (including phenoxy) is 2. The Morgan fingerprint density at radius 3 is 2.56 bits per heavy atom. The van der Waals surface area contributed by atoms with Crippen molar-refractivity contribution in [1.29, 1.82) is 0 Å². The van der Waals surface area contributed by atoms with Gasteiger partial charge in [-0.2, -0.15) is 13.2 Å². The lowest BCUT2D eigenvalue weighted by atomic mass is 10.1. The number of carbonyl (C=O) groups excluding carboxylic acids is 1. The zero-order valence-electron chi connectivity index (χ0n) is 19.1. The summed E-state index contributed by atoms with van der Waals surface area (Å²) in [7, 11) is 1.62. The Kier molecular flexibility index (Phi) is 7.44. The first-order valence-electron chi connectivity index (χ1n) is 10.5. The highest BCUT2D eigenvalue weighted by Gasteiger charge is 2.30. The molecule has 34 heavy (non-hydrogen) atoms. The Labute approximate surface area is 202 Å². The van der Waals surface area contributed by atoms with E-state index < -0.39 is 30.3 Å². The van der Waals surface area contributed by atoms with Crippen LogP contribution in [-0.2, 0) is 11.8 Å². The fourth-order valence-corrected chi connectivity index (χ4v) is 3.89. The molecule has 0 aliphatic carbocycles. The molecular weight excluding hydrogens is 519 g/mol. The molecule has 1 atom stereocenters. The van der Waals surface area contributed by atoms with Crippen LogP contribution in [0, 0.1) is 0 Å². The number of hydrogen-bond acceptors (Lipinski definition) is 5. The van der Waals surface area contributed by atoms with Crippen molar-refractivity contribution >= 4 is 43.7 Å². The zero-order valence-corrected chi connectivity index (χ0v) is 20.7. The molecule has 0 spiro atoms. The summed E-state index contributed by atoms with van der Waals surface area (Å²) in [6.45, 7) is 4.74. The molecule has 0 bridgehead atoms. The SMILES string of the molecule is Cn1c(=O)c2cnccc2c2cc(Br)c(OCC(CCC(F)(F)F)NC(=O)OC(C)(C)C)cc21. The predicted molar refractivity (Wildman–Crippen MR) is 126 cm³/mol. The fraction of sp³-hybridized carbons (Fsp3) is 0.435. The van der Waals surface area contributed by atoms with Crippen molar-refractivity contribution < 1.29 is 27.4 Å². The maximum atomic E-state index is 12.8. The molecule has 1 unspecified atom stereocenters. The quantitative estimate of drug-likeness (QED) is 0.417. The van der Waals surface area contributed by atoms with E-state index >= 15 is 0 Å². The zero-order chi connectivity index (χ0) is 25.3. The highest BCUT2D eigenvalue weighted by atomic mass is 79.9. The van der Waals surface area contributed by atoms with Crippen LogP contribution in [0.3, 0.4) is 0 Å². The standard InChI is InChI=1S/C23H25BrF3N3O4/c1-22(2,3)34-21(32)29-13(5-7-23(25,26)27)12-33-19-10-18-15(9-17(19)24)14-6-8-28-11-16(14)20(31)30(18)4/h6,8-11,13H,5,7,12H2,1-4H3,(H,29,32). The summed E-state index contributed by atoms with van der Waals surface area (Å²) in [4.78, 5) is 28.9.